The van der Waals surface area contributed by atoms with Crippen LogP contribution in [0.25, 0.3) is 0 Å². The minimum atomic E-state index is -0.575. The van der Waals surface area contributed by atoms with Crippen LogP contribution in [-0.2, 0) is 0 Å². The summed E-state index contributed by atoms with van der Waals surface area (Å²) < 4.78 is 0. The molecule has 0 amide bonds. The fourth-order valence-electron chi connectivity index (χ4n) is 0.973. The van der Waals surface area contributed by atoms with Crippen LogP contribution in [0.1, 0.15) is 20.3 Å². The Hall–Kier alpha value is -0.340. The summed E-state index contributed by atoms with van der Waals surface area (Å²) in [4.78, 5) is 0. The molecule has 0 saturated heterocycles. The van der Waals surface area contributed by atoms with Gasteiger partial charge < -0.3 is 10.8 Å². The molecule has 60 valence electrons. The van der Waals surface area contributed by atoms with Crippen LogP contribution < -0.4 is 5.73 Å². The van der Waals surface area contributed by atoms with Gasteiger partial charge >= 0.3 is 0 Å². The quantitative estimate of drug-likeness (QED) is 0.574. The number of hydrogen-bond acceptors (Lipinski definition) is 2. The minimum Gasteiger partial charge on any atom is -0.394 e. The standard InChI is InChI=1S/C8H17NO/c1-4-8(9,6-10)5-7(2)3/h4,7,10H,1,5-6,9H2,2-3H3. The van der Waals surface area contributed by atoms with Gasteiger partial charge in [0.25, 0.3) is 0 Å². The second-order valence-corrected chi connectivity index (χ2v) is 3.19. The van der Waals surface area contributed by atoms with E-state index in [9.17, 15) is 0 Å². The van der Waals surface area contributed by atoms with E-state index >= 15 is 0 Å². The van der Waals surface area contributed by atoms with Crippen LogP contribution in [0.3, 0.4) is 0 Å². The molecule has 0 saturated carbocycles. The molecule has 0 bridgehead atoms. The highest BCUT2D eigenvalue weighted by molar-refractivity contribution is 5.00. The summed E-state index contributed by atoms with van der Waals surface area (Å²) in [5, 5.41) is 8.84. The number of nitrogens with two attached hydrogens (primary N) is 1. The van der Waals surface area contributed by atoms with Crippen molar-refractivity contribution < 1.29 is 5.11 Å². The van der Waals surface area contributed by atoms with Gasteiger partial charge in [0.2, 0.25) is 0 Å². The van der Waals surface area contributed by atoms with Crippen molar-refractivity contribution in [2.45, 2.75) is 25.8 Å². The summed E-state index contributed by atoms with van der Waals surface area (Å²) >= 11 is 0. The first-order valence-electron chi connectivity index (χ1n) is 3.57. The van der Waals surface area contributed by atoms with Crippen molar-refractivity contribution in [1.82, 2.24) is 0 Å². The van der Waals surface area contributed by atoms with Crippen molar-refractivity contribution in [3.05, 3.63) is 12.7 Å². The van der Waals surface area contributed by atoms with Crippen LogP contribution in [0.4, 0.5) is 0 Å². The van der Waals surface area contributed by atoms with Crippen molar-refractivity contribution in [3.8, 4) is 0 Å². The van der Waals surface area contributed by atoms with E-state index < -0.39 is 5.54 Å². The third-order valence-electron chi connectivity index (χ3n) is 1.49. The van der Waals surface area contributed by atoms with Crippen LogP contribution >= 0.6 is 0 Å². The molecule has 0 heterocycles. The topological polar surface area (TPSA) is 46.2 Å². The molecule has 2 nitrogen and oxygen atoms in total. The summed E-state index contributed by atoms with van der Waals surface area (Å²) in [5.74, 6) is 0.496. The lowest BCUT2D eigenvalue weighted by Crippen LogP contribution is -2.42. The second kappa shape index (κ2) is 3.74. The van der Waals surface area contributed by atoms with E-state index in [1.54, 1.807) is 6.08 Å². The molecule has 0 fully saturated rings. The van der Waals surface area contributed by atoms with Gasteiger partial charge in [0.15, 0.2) is 0 Å². The second-order valence-electron chi connectivity index (χ2n) is 3.19. The normalized spacial score (nSPS) is 16.9. The van der Waals surface area contributed by atoms with Crippen LogP contribution in [0.5, 0.6) is 0 Å². The Labute approximate surface area is 62.7 Å². The maximum atomic E-state index is 8.84. The van der Waals surface area contributed by atoms with Gasteiger partial charge in [0.1, 0.15) is 0 Å². The van der Waals surface area contributed by atoms with Gasteiger partial charge in [-0.25, -0.2) is 0 Å². The summed E-state index contributed by atoms with van der Waals surface area (Å²) in [7, 11) is 0. The van der Waals surface area contributed by atoms with Gasteiger partial charge in [0.05, 0.1) is 12.1 Å². The molecule has 1 atom stereocenters. The zero-order valence-electron chi connectivity index (χ0n) is 6.80. The molecule has 0 aromatic carbocycles. The van der Waals surface area contributed by atoms with E-state index in [-0.39, 0.29) is 6.61 Å². The lowest BCUT2D eigenvalue weighted by Gasteiger charge is -2.24. The lowest BCUT2D eigenvalue weighted by molar-refractivity contribution is 0.207. The van der Waals surface area contributed by atoms with Gasteiger partial charge in [-0.3, -0.25) is 0 Å². The smallest absolute Gasteiger partial charge is 0.0647 e. The van der Waals surface area contributed by atoms with Crippen LogP contribution in [0.2, 0.25) is 0 Å². The fourth-order valence-corrected chi connectivity index (χ4v) is 0.973. The van der Waals surface area contributed by atoms with Gasteiger partial charge in [-0.1, -0.05) is 19.9 Å². The predicted octanol–water partition coefficient (Wildman–Crippen LogP) is 0.908. The van der Waals surface area contributed by atoms with E-state index in [0.717, 1.165) is 6.42 Å². The highest BCUT2D eigenvalue weighted by Crippen LogP contribution is 2.13. The average Bonchev–Trinajstić information content (AvgIpc) is 1.87. The number of rotatable bonds is 4. The average molecular weight is 143 g/mol. The Morgan fingerprint density at radius 1 is 1.70 bits per heavy atom. The first-order chi connectivity index (χ1) is 4.54. The van der Waals surface area contributed by atoms with E-state index in [0.29, 0.717) is 5.92 Å². The van der Waals surface area contributed by atoms with Crippen LogP contribution in [-0.4, -0.2) is 17.3 Å². The highest BCUT2D eigenvalue weighted by Gasteiger charge is 2.20. The van der Waals surface area contributed by atoms with E-state index in [1.165, 1.54) is 0 Å². The molecule has 10 heavy (non-hydrogen) atoms. The Morgan fingerprint density at radius 2 is 2.20 bits per heavy atom. The third kappa shape index (κ3) is 2.99. The summed E-state index contributed by atoms with van der Waals surface area (Å²) in [6.45, 7) is 7.69. The largest absolute Gasteiger partial charge is 0.394 e. The van der Waals surface area contributed by atoms with E-state index in [2.05, 4.69) is 20.4 Å². The molecule has 0 aliphatic carbocycles. The molecule has 0 radical (unpaired) electrons. The van der Waals surface area contributed by atoms with Crippen molar-refractivity contribution in [2.24, 2.45) is 11.7 Å². The molecule has 0 aromatic rings. The number of aliphatic hydroxyl groups is 1. The summed E-state index contributed by atoms with van der Waals surface area (Å²) in [6, 6.07) is 0. The zero-order valence-corrected chi connectivity index (χ0v) is 6.80. The molecule has 1 unspecified atom stereocenters. The maximum Gasteiger partial charge on any atom is 0.0647 e. The molecule has 0 aromatic heterocycles. The first kappa shape index (κ1) is 9.66. The van der Waals surface area contributed by atoms with Gasteiger partial charge in [0, 0.05) is 0 Å². The Bertz CT molecular complexity index is 112. The molecule has 2 heteroatoms. The van der Waals surface area contributed by atoms with Crippen molar-refractivity contribution in [1.29, 1.82) is 0 Å². The third-order valence-corrected chi connectivity index (χ3v) is 1.49. The zero-order chi connectivity index (χ0) is 8.20. The van der Waals surface area contributed by atoms with Crippen LogP contribution in [0.15, 0.2) is 12.7 Å². The van der Waals surface area contributed by atoms with Crippen LogP contribution in [0, 0.1) is 5.92 Å². The maximum absolute atomic E-state index is 8.84. The SMILES string of the molecule is C=CC(N)(CO)CC(C)C. The number of aliphatic hydroxyl groups excluding tert-OH is 1. The van der Waals surface area contributed by atoms with Gasteiger partial charge in [-0.2, -0.15) is 0 Å². The summed E-state index contributed by atoms with van der Waals surface area (Å²) in [5.41, 5.74) is 5.15. The molecule has 0 rings (SSSR count). The Morgan fingerprint density at radius 3 is 2.30 bits per heavy atom. The molecular weight excluding hydrogens is 126 g/mol. The molecular formula is C8H17NO. The van der Waals surface area contributed by atoms with E-state index in [4.69, 9.17) is 10.8 Å². The van der Waals surface area contributed by atoms with Crippen molar-refractivity contribution in [3.63, 3.8) is 0 Å². The molecule has 3 N–H and O–H groups in total. The van der Waals surface area contributed by atoms with Crippen molar-refractivity contribution >= 4 is 0 Å². The molecule has 0 aliphatic rings. The lowest BCUT2D eigenvalue weighted by atomic mass is 9.91. The summed E-state index contributed by atoms with van der Waals surface area (Å²) in [6.07, 6.45) is 2.40. The minimum absolute atomic E-state index is 0.0192. The van der Waals surface area contributed by atoms with Gasteiger partial charge in [-0.15, -0.1) is 6.58 Å². The molecule has 0 aliphatic heterocycles. The predicted molar refractivity (Wildman–Crippen MR) is 43.7 cm³/mol. The van der Waals surface area contributed by atoms with Gasteiger partial charge in [-0.05, 0) is 12.3 Å². The highest BCUT2D eigenvalue weighted by atomic mass is 16.3. The first-order valence-corrected chi connectivity index (χ1v) is 3.57. The van der Waals surface area contributed by atoms with E-state index in [1.807, 2.05) is 0 Å². The monoisotopic (exact) mass is 143 g/mol. The van der Waals surface area contributed by atoms with Crippen molar-refractivity contribution in [2.75, 3.05) is 6.61 Å². The Kier molecular flexibility index (Phi) is 3.61. The fraction of sp³-hybridized carbons (Fsp3) is 0.750. The Balaban J connectivity index is 3.92. The molecule has 0 spiro atoms. The number of hydrogen-bond donors (Lipinski definition) is 2.